The summed E-state index contributed by atoms with van der Waals surface area (Å²) in [5.41, 5.74) is 2.69. The van der Waals surface area contributed by atoms with Crippen LogP contribution in [0.4, 0.5) is 5.69 Å². The summed E-state index contributed by atoms with van der Waals surface area (Å²) in [6.07, 6.45) is 2.09. The van der Waals surface area contributed by atoms with Gasteiger partial charge in [-0.25, -0.2) is 8.42 Å². The fourth-order valence-electron chi connectivity index (χ4n) is 3.95. The third-order valence-corrected chi connectivity index (χ3v) is 7.45. The molecule has 0 aliphatic carbocycles. The number of carbonyl (C=O) groups excluding carboxylic acids is 1. The number of benzene rings is 4. The first-order valence-corrected chi connectivity index (χ1v) is 15.0. The number of aryl methyl sites for hydroxylation is 1. The molecular weight excluding hydrogens is 548 g/mol. The van der Waals surface area contributed by atoms with E-state index in [0.29, 0.717) is 46.5 Å². The first-order valence-electron chi connectivity index (χ1n) is 12.8. The largest absolute Gasteiger partial charge is 0.492 e. The van der Waals surface area contributed by atoms with Gasteiger partial charge in [-0.15, -0.1) is 0 Å². The van der Waals surface area contributed by atoms with Gasteiger partial charge in [0.15, 0.2) is 5.75 Å². The highest BCUT2D eigenvalue weighted by molar-refractivity contribution is 7.92. The van der Waals surface area contributed by atoms with Crippen LogP contribution in [0.1, 0.15) is 28.4 Å². The van der Waals surface area contributed by atoms with E-state index >= 15 is 0 Å². The normalized spacial score (nSPS) is 11.1. The van der Waals surface area contributed by atoms with Crippen LogP contribution in [-0.4, -0.2) is 33.7 Å². The van der Waals surface area contributed by atoms with Gasteiger partial charge in [-0.1, -0.05) is 61.0 Å². The lowest BCUT2D eigenvalue weighted by Gasteiger charge is -2.25. The Morgan fingerprint density at radius 2 is 1.55 bits per heavy atom. The highest BCUT2D eigenvalue weighted by Crippen LogP contribution is 2.36. The zero-order chi connectivity index (χ0) is 28.5. The quantitative estimate of drug-likeness (QED) is 0.195. The summed E-state index contributed by atoms with van der Waals surface area (Å²) in [6, 6.07) is 28.6. The van der Waals surface area contributed by atoms with Crippen molar-refractivity contribution in [2.75, 3.05) is 23.7 Å². The lowest BCUT2D eigenvalue weighted by atomic mass is 10.1. The van der Waals surface area contributed by atoms with Crippen LogP contribution < -0.4 is 19.1 Å². The van der Waals surface area contributed by atoms with Gasteiger partial charge < -0.3 is 14.8 Å². The summed E-state index contributed by atoms with van der Waals surface area (Å²) < 4.78 is 38.6. The van der Waals surface area contributed by atoms with Gasteiger partial charge in [0.05, 0.1) is 25.0 Å². The molecule has 0 atom stereocenters. The Morgan fingerprint density at radius 3 is 2.20 bits per heavy atom. The third kappa shape index (κ3) is 8.00. The first kappa shape index (κ1) is 29.0. The van der Waals surface area contributed by atoms with Crippen molar-refractivity contribution in [2.24, 2.45) is 0 Å². The van der Waals surface area contributed by atoms with E-state index in [1.807, 2.05) is 42.5 Å². The average molecular weight is 579 g/mol. The maximum absolute atomic E-state index is 12.9. The SMILES string of the molecule is CCc1ccc(OCCNC(=O)c2ccc(CN(c3cc(Cl)ccc3Oc3ccccc3)S(C)(=O)=O)cc2)cc1. The van der Waals surface area contributed by atoms with E-state index in [0.717, 1.165) is 18.4 Å². The number of rotatable bonds is 12. The number of anilines is 1. The minimum atomic E-state index is -3.71. The van der Waals surface area contributed by atoms with Gasteiger partial charge in [-0.3, -0.25) is 9.10 Å². The van der Waals surface area contributed by atoms with Gasteiger partial charge >= 0.3 is 0 Å². The van der Waals surface area contributed by atoms with Crippen LogP contribution in [0.3, 0.4) is 0 Å². The topological polar surface area (TPSA) is 84.9 Å². The molecule has 4 aromatic rings. The third-order valence-electron chi connectivity index (χ3n) is 6.09. The molecule has 1 amide bonds. The molecule has 0 aliphatic heterocycles. The molecule has 0 aliphatic rings. The number of nitrogens with zero attached hydrogens (tertiary/aromatic N) is 1. The number of carbonyl (C=O) groups is 1. The standard InChI is InChI=1S/C31H31ClN2O5S/c1-3-23-11-16-27(17-12-23)38-20-19-33-31(35)25-13-9-24(10-14-25)22-34(40(2,36)37)29-21-26(32)15-18-30(29)39-28-7-5-4-6-8-28/h4-18,21H,3,19-20,22H2,1-2H3,(H,33,35). The van der Waals surface area contributed by atoms with Crippen molar-refractivity contribution in [3.8, 4) is 17.2 Å². The predicted molar refractivity (Wildman–Crippen MR) is 159 cm³/mol. The van der Waals surface area contributed by atoms with Gasteiger partial charge in [-0.2, -0.15) is 0 Å². The number of amides is 1. The zero-order valence-electron chi connectivity index (χ0n) is 22.3. The number of hydrogen-bond acceptors (Lipinski definition) is 5. The molecular formula is C31H31ClN2O5S. The van der Waals surface area contributed by atoms with E-state index in [1.165, 1.54) is 9.87 Å². The number of sulfonamides is 1. The smallest absolute Gasteiger partial charge is 0.251 e. The molecule has 40 heavy (non-hydrogen) atoms. The summed E-state index contributed by atoms with van der Waals surface area (Å²) in [5, 5.41) is 3.21. The van der Waals surface area contributed by atoms with Gasteiger partial charge in [0, 0.05) is 10.6 Å². The van der Waals surface area contributed by atoms with Crippen LogP contribution in [0.5, 0.6) is 17.2 Å². The molecule has 208 valence electrons. The lowest BCUT2D eigenvalue weighted by molar-refractivity contribution is 0.0947. The molecule has 0 fully saturated rings. The zero-order valence-corrected chi connectivity index (χ0v) is 23.9. The fraction of sp³-hybridized carbons (Fsp3) is 0.194. The molecule has 0 unspecified atom stereocenters. The maximum Gasteiger partial charge on any atom is 0.251 e. The van der Waals surface area contributed by atoms with E-state index in [9.17, 15) is 13.2 Å². The van der Waals surface area contributed by atoms with Crippen LogP contribution in [0.15, 0.2) is 97.1 Å². The second-order valence-corrected chi connectivity index (χ2v) is 11.4. The van der Waals surface area contributed by atoms with Crippen molar-refractivity contribution < 1.29 is 22.7 Å². The van der Waals surface area contributed by atoms with Crippen LogP contribution in [0.25, 0.3) is 0 Å². The van der Waals surface area contributed by atoms with Crippen LogP contribution in [0, 0.1) is 0 Å². The fourth-order valence-corrected chi connectivity index (χ4v) is 5.00. The van der Waals surface area contributed by atoms with E-state index in [4.69, 9.17) is 21.1 Å². The van der Waals surface area contributed by atoms with E-state index < -0.39 is 10.0 Å². The molecule has 0 spiro atoms. The average Bonchev–Trinajstić information content (AvgIpc) is 2.95. The molecule has 0 saturated carbocycles. The highest BCUT2D eigenvalue weighted by atomic mass is 35.5. The molecule has 9 heteroatoms. The first-order chi connectivity index (χ1) is 19.2. The Labute approximate surface area is 240 Å². The van der Waals surface area contributed by atoms with E-state index in [1.54, 1.807) is 54.6 Å². The summed E-state index contributed by atoms with van der Waals surface area (Å²) in [4.78, 5) is 12.6. The van der Waals surface area contributed by atoms with Crippen molar-refractivity contribution in [2.45, 2.75) is 19.9 Å². The molecule has 4 rings (SSSR count). The van der Waals surface area contributed by atoms with Gasteiger partial charge in [0.1, 0.15) is 18.1 Å². The Balaban J connectivity index is 1.41. The molecule has 0 heterocycles. The van der Waals surface area contributed by atoms with Crippen molar-refractivity contribution in [3.63, 3.8) is 0 Å². The molecule has 0 radical (unpaired) electrons. The predicted octanol–water partition coefficient (Wildman–Crippen LogP) is 6.47. The Morgan fingerprint density at radius 1 is 0.875 bits per heavy atom. The second kappa shape index (κ2) is 13.4. The lowest BCUT2D eigenvalue weighted by Crippen LogP contribution is -2.30. The molecule has 0 aromatic heterocycles. The van der Waals surface area contributed by atoms with Crippen molar-refractivity contribution >= 4 is 33.2 Å². The van der Waals surface area contributed by atoms with Crippen LogP contribution >= 0.6 is 11.6 Å². The number of nitrogens with one attached hydrogen (secondary N) is 1. The molecule has 4 aromatic carbocycles. The monoisotopic (exact) mass is 578 g/mol. The molecule has 0 bridgehead atoms. The Bertz CT molecular complexity index is 1530. The molecule has 1 N–H and O–H groups in total. The summed E-state index contributed by atoms with van der Waals surface area (Å²) in [7, 11) is -3.71. The van der Waals surface area contributed by atoms with Gasteiger partial charge in [0.25, 0.3) is 5.91 Å². The summed E-state index contributed by atoms with van der Waals surface area (Å²) in [5.74, 6) is 1.42. The molecule has 7 nitrogen and oxygen atoms in total. The van der Waals surface area contributed by atoms with Crippen LogP contribution in [0.2, 0.25) is 5.02 Å². The summed E-state index contributed by atoms with van der Waals surface area (Å²) >= 11 is 6.24. The number of halogens is 1. The maximum atomic E-state index is 12.9. The number of hydrogen-bond donors (Lipinski definition) is 1. The minimum Gasteiger partial charge on any atom is -0.492 e. The highest BCUT2D eigenvalue weighted by Gasteiger charge is 2.23. The number of ether oxygens (including phenoxy) is 2. The van der Waals surface area contributed by atoms with Gasteiger partial charge in [-0.05, 0) is 72.1 Å². The van der Waals surface area contributed by atoms with E-state index in [-0.39, 0.29) is 12.5 Å². The van der Waals surface area contributed by atoms with Crippen molar-refractivity contribution in [1.82, 2.24) is 5.32 Å². The minimum absolute atomic E-state index is 0.0247. The van der Waals surface area contributed by atoms with E-state index in [2.05, 4.69) is 12.2 Å². The number of para-hydroxylation sites is 1. The van der Waals surface area contributed by atoms with Crippen LogP contribution in [-0.2, 0) is 23.0 Å². The molecule has 0 saturated heterocycles. The Hall–Kier alpha value is -4.01. The Kier molecular flexibility index (Phi) is 9.69. The van der Waals surface area contributed by atoms with Crippen molar-refractivity contribution in [3.05, 3.63) is 119 Å². The van der Waals surface area contributed by atoms with Gasteiger partial charge in [0.2, 0.25) is 10.0 Å². The summed E-state index contributed by atoms with van der Waals surface area (Å²) in [6.45, 7) is 2.80. The van der Waals surface area contributed by atoms with Crippen molar-refractivity contribution in [1.29, 1.82) is 0 Å². The second-order valence-electron chi connectivity index (χ2n) is 9.10.